The van der Waals surface area contributed by atoms with Gasteiger partial charge in [0.25, 0.3) is 5.91 Å². The molecule has 7 heteroatoms. The summed E-state index contributed by atoms with van der Waals surface area (Å²) in [5.74, 6) is -0.459. The molecule has 3 aromatic rings. The molecule has 3 aromatic carbocycles. The molecule has 0 bridgehead atoms. The number of thioether (sulfide) groups is 2. The van der Waals surface area contributed by atoms with Gasteiger partial charge in [0.05, 0.1) is 0 Å². The lowest BCUT2D eigenvalue weighted by Crippen LogP contribution is -2.40. The number of hydrogen-bond donors (Lipinski definition) is 2. The second-order valence-corrected chi connectivity index (χ2v) is 10.8. The maximum absolute atomic E-state index is 13.5. The van der Waals surface area contributed by atoms with Crippen molar-refractivity contribution in [3.8, 4) is 0 Å². The molecule has 0 aliphatic rings. The van der Waals surface area contributed by atoms with E-state index in [1.807, 2.05) is 13.8 Å². The summed E-state index contributed by atoms with van der Waals surface area (Å²) in [5, 5.41) is 11.7. The van der Waals surface area contributed by atoms with Gasteiger partial charge in [0.15, 0.2) is 5.78 Å². The number of aryl methyl sites for hydroxylation is 2. The number of nitrogens with one attached hydrogen (secondary N) is 1. The van der Waals surface area contributed by atoms with E-state index in [2.05, 4.69) is 53.8 Å². The van der Waals surface area contributed by atoms with Gasteiger partial charge in [-0.1, -0.05) is 54.4 Å². The van der Waals surface area contributed by atoms with E-state index < -0.39 is 17.9 Å². The number of amides is 1. The van der Waals surface area contributed by atoms with Crippen molar-refractivity contribution in [3.63, 3.8) is 0 Å². The second-order valence-electron chi connectivity index (χ2n) is 8.66. The molecular weight excluding hydrogens is 490 g/mol. The minimum atomic E-state index is -1.07. The highest BCUT2D eigenvalue weighted by Crippen LogP contribution is 2.28. The van der Waals surface area contributed by atoms with Crippen molar-refractivity contribution in [1.82, 2.24) is 5.32 Å². The lowest BCUT2D eigenvalue weighted by molar-refractivity contribution is -0.139. The van der Waals surface area contributed by atoms with Crippen LogP contribution in [0.1, 0.15) is 45.2 Å². The van der Waals surface area contributed by atoms with E-state index in [1.165, 1.54) is 11.1 Å². The molecule has 0 fully saturated rings. The molecule has 1 amide bonds. The molecule has 36 heavy (non-hydrogen) atoms. The topological polar surface area (TPSA) is 83.5 Å². The number of carbonyl (C=O) groups excluding carboxylic acids is 2. The van der Waals surface area contributed by atoms with Crippen LogP contribution in [0, 0.1) is 19.8 Å². The van der Waals surface area contributed by atoms with Crippen molar-refractivity contribution < 1.29 is 19.5 Å². The second kappa shape index (κ2) is 13.3. The van der Waals surface area contributed by atoms with E-state index in [0.29, 0.717) is 22.6 Å². The number of benzene rings is 3. The summed E-state index contributed by atoms with van der Waals surface area (Å²) in [5.41, 5.74) is 3.25. The van der Waals surface area contributed by atoms with Crippen LogP contribution < -0.4 is 5.32 Å². The molecule has 3 rings (SSSR count). The third kappa shape index (κ3) is 8.00. The quantitative estimate of drug-likeness (QED) is 0.216. The summed E-state index contributed by atoms with van der Waals surface area (Å²) in [4.78, 5) is 39.4. The zero-order valence-electron chi connectivity index (χ0n) is 20.7. The molecule has 1 atom stereocenters. The van der Waals surface area contributed by atoms with Crippen molar-refractivity contribution in [2.75, 3.05) is 11.5 Å². The van der Waals surface area contributed by atoms with E-state index in [-0.39, 0.29) is 18.1 Å². The van der Waals surface area contributed by atoms with E-state index in [9.17, 15) is 19.5 Å². The average Bonchev–Trinajstić information content (AvgIpc) is 2.88. The van der Waals surface area contributed by atoms with Crippen LogP contribution in [0.15, 0.2) is 82.6 Å². The van der Waals surface area contributed by atoms with Crippen LogP contribution in [0.5, 0.6) is 0 Å². The molecule has 2 N–H and O–H groups in total. The van der Waals surface area contributed by atoms with E-state index in [4.69, 9.17) is 0 Å². The van der Waals surface area contributed by atoms with Gasteiger partial charge in [0, 0.05) is 38.3 Å². The van der Waals surface area contributed by atoms with Crippen molar-refractivity contribution in [1.29, 1.82) is 0 Å². The standard InChI is InChI=1S/C29H31NO4S2/c1-4-26(29(33)34)30-28(32)22-11-9-21(10-12-22)27(31)23(17-35-24-13-5-19(2)6-14-24)18-36-25-15-7-20(3)8-16-25/h5-16,23,26H,4,17-18H2,1-3H3,(H,30,32)(H,33,34). The Labute approximate surface area is 221 Å². The number of Topliss-reactive ketones (excluding diaryl/α,β-unsaturated/α-hetero) is 1. The lowest BCUT2D eigenvalue weighted by atomic mass is 9.99. The summed E-state index contributed by atoms with van der Waals surface area (Å²) < 4.78 is 0. The molecular formula is C29H31NO4S2. The molecule has 0 aliphatic heterocycles. The molecule has 188 valence electrons. The van der Waals surface area contributed by atoms with Gasteiger partial charge in [0.2, 0.25) is 0 Å². The highest BCUT2D eigenvalue weighted by Gasteiger charge is 2.22. The third-order valence-corrected chi connectivity index (χ3v) is 8.11. The van der Waals surface area contributed by atoms with Gasteiger partial charge >= 0.3 is 5.97 Å². The molecule has 5 nitrogen and oxygen atoms in total. The molecule has 0 spiro atoms. The van der Waals surface area contributed by atoms with E-state index >= 15 is 0 Å². The zero-order valence-corrected chi connectivity index (χ0v) is 22.3. The maximum Gasteiger partial charge on any atom is 0.326 e. The molecule has 0 aliphatic carbocycles. The number of rotatable bonds is 12. The Morgan fingerprint density at radius 3 is 1.61 bits per heavy atom. The zero-order chi connectivity index (χ0) is 26.1. The Hall–Kier alpha value is -3.03. The predicted molar refractivity (Wildman–Crippen MR) is 147 cm³/mol. The van der Waals surface area contributed by atoms with Crippen LogP contribution in [0.2, 0.25) is 0 Å². The monoisotopic (exact) mass is 521 g/mol. The molecule has 0 saturated carbocycles. The van der Waals surface area contributed by atoms with Crippen LogP contribution in [0.4, 0.5) is 0 Å². The van der Waals surface area contributed by atoms with Gasteiger partial charge in [-0.15, -0.1) is 23.5 Å². The first kappa shape index (κ1) is 27.6. The van der Waals surface area contributed by atoms with Gasteiger partial charge in [-0.25, -0.2) is 4.79 Å². The number of hydrogen-bond acceptors (Lipinski definition) is 5. The minimum Gasteiger partial charge on any atom is -0.480 e. The summed E-state index contributed by atoms with van der Waals surface area (Å²) >= 11 is 3.33. The smallest absolute Gasteiger partial charge is 0.326 e. The summed E-state index contributed by atoms with van der Waals surface area (Å²) in [6.45, 7) is 5.80. The Bertz CT molecular complexity index is 1130. The van der Waals surface area contributed by atoms with Crippen molar-refractivity contribution in [2.45, 2.75) is 43.0 Å². The molecule has 0 aromatic heterocycles. The summed E-state index contributed by atoms with van der Waals surface area (Å²) in [6.07, 6.45) is 0.288. The first-order chi connectivity index (χ1) is 17.3. The predicted octanol–water partition coefficient (Wildman–Crippen LogP) is 6.28. The first-order valence-electron chi connectivity index (χ1n) is 11.8. The van der Waals surface area contributed by atoms with Crippen LogP contribution in [-0.4, -0.2) is 40.3 Å². The third-order valence-electron chi connectivity index (χ3n) is 5.76. The Morgan fingerprint density at radius 2 is 1.19 bits per heavy atom. The van der Waals surface area contributed by atoms with Gasteiger partial charge < -0.3 is 10.4 Å². The van der Waals surface area contributed by atoms with Gasteiger partial charge in [-0.2, -0.15) is 0 Å². The van der Waals surface area contributed by atoms with Crippen LogP contribution >= 0.6 is 23.5 Å². The normalized spacial score (nSPS) is 11.8. The number of carboxylic acids is 1. The minimum absolute atomic E-state index is 0.0261. The van der Waals surface area contributed by atoms with Crippen molar-refractivity contribution in [3.05, 3.63) is 95.1 Å². The average molecular weight is 522 g/mol. The Kier molecular flexibility index (Phi) is 10.2. The number of carboxylic acid groups (broad SMARTS) is 1. The maximum atomic E-state index is 13.5. The first-order valence-corrected chi connectivity index (χ1v) is 13.8. The van der Waals surface area contributed by atoms with Crippen LogP contribution in [0.25, 0.3) is 0 Å². The lowest BCUT2D eigenvalue weighted by Gasteiger charge is -2.16. The SMILES string of the molecule is CCC(NC(=O)c1ccc(C(=O)C(CSc2ccc(C)cc2)CSc2ccc(C)cc2)cc1)C(=O)O. The largest absolute Gasteiger partial charge is 0.480 e. The molecule has 1 unspecified atom stereocenters. The Balaban J connectivity index is 1.72. The number of aliphatic carboxylic acids is 1. The fraction of sp³-hybridized carbons (Fsp3) is 0.276. The van der Waals surface area contributed by atoms with Crippen molar-refractivity contribution in [2.24, 2.45) is 5.92 Å². The van der Waals surface area contributed by atoms with Crippen LogP contribution in [-0.2, 0) is 4.79 Å². The molecule has 0 saturated heterocycles. The van der Waals surface area contributed by atoms with E-state index in [1.54, 1.807) is 54.7 Å². The number of ketones is 1. The molecule has 0 heterocycles. The van der Waals surface area contributed by atoms with Crippen molar-refractivity contribution >= 4 is 41.2 Å². The molecule has 0 radical (unpaired) electrons. The van der Waals surface area contributed by atoms with Crippen LogP contribution in [0.3, 0.4) is 0 Å². The Morgan fingerprint density at radius 1 is 0.750 bits per heavy atom. The summed E-state index contributed by atoms with van der Waals surface area (Å²) in [7, 11) is 0. The fourth-order valence-electron chi connectivity index (χ4n) is 3.46. The number of carbonyl (C=O) groups is 3. The highest BCUT2D eigenvalue weighted by molar-refractivity contribution is 8.00. The van der Waals surface area contributed by atoms with Gasteiger partial charge in [-0.3, -0.25) is 9.59 Å². The van der Waals surface area contributed by atoms with Gasteiger partial charge in [0.1, 0.15) is 6.04 Å². The summed E-state index contributed by atoms with van der Waals surface area (Å²) in [6, 6.07) is 22.1. The fourth-order valence-corrected chi connectivity index (χ4v) is 5.60. The highest BCUT2D eigenvalue weighted by atomic mass is 32.2. The van der Waals surface area contributed by atoms with Gasteiger partial charge in [-0.05, 0) is 56.7 Å². The van der Waals surface area contributed by atoms with E-state index in [0.717, 1.165) is 9.79 Å².